The van der Waals surface area contributed by atoms with Crippen molar-refractivity contribution in [1.82, 2.24) is 0 Å². The Labute approximate surface area is 125 Å². The van der Waals surface area contributed by atoms with E-state index < -0.39 is 6.04 Å². The lowest BCUT2D eigenvalue weighted by Crippen LogP contribution is -2.14. The maximum Gasteiger partial charge on any atom is 0.137 e. The van der Waals surface area contributed by atoms with Gasteiger partial charge in [-0.15, -0.1) is 0 Å². The van der Waals surface area contributed by atoms with Crippen molar-refractivity contribution in [3.05, 3.63) is 57.8 Å². The molecule has 0 saturated carbocycles. The molecule has 2 N–H and O–H groups in total. The van der Waals surface area contributed by atoms with Crippen LogP contribution in [-0.2, 0) is 0 Å². The van der Waals surface area contributed by atoms with Crippen LogP contribution >= 0.6 is 15.9 Å². The van der Waals surface area contributed by atoms with Gasteiger partial charge in [-0.05, 0) is 45.8 Å². The van der Waals surface area contributed by atoms with Crippen molar-refractivity contribution in [2.24, 2.45) is 5.73 Å². The quantitative estimate of drug-likeness (QED) is 0.924. The first-order valence-corrected chi connectivity index (χ1v) is 6.79. The average molecular weight is 340 g/mol. The highest BCUT2D eigenvalue weighted by Gasteiger charge is 2.19. The molecule has 2 rings (SSSR count). The molecule has 2 aromatic rings. The molecule has 0 aromatic heterocycles. The van der Waals surface area contributed by atoms with E-state index >= 15 is 0 Å². The standard InChI is InChI=1S/C15H15BrFNO2/c1-19-12-4-3-5-13(20-2)14(12)15(18)9-6-7-10(16)11(17)8-9/h3-8,15H,18H2,1-2H3. The second kappa shape index (κ2) is 6.24. The Balaban J connectivity index is 2.51. The third-order valence-electron chi connectivity index (χ3n) is 3.08. The molecule has 1 atom stereocenters. The van der Waals surface area contributed by atoms with Crippen LogP contribution in [0.2, 0.25) is 0 Å². The molecule has 0 fully saturated rings. The minimum absolute atomic E-state index is 0.355. The molecule has 0 bridgehead atoms. The van der Waals surface area contributed by atoms with Gasteiger partial charge in [-0.2, -0.15) is 0 Å². The van der Waals surface area contributed by atoms with Crippen LogP contribution in [0.5, 0.6) is 11.5 Å². The number of hydrogen-bond donors (Lipinski definition) is 1. The minimum Gasteiger partial charge on any atom is -0.496 e. The number of benzene rings is 2. The molecule has 0 spiro atoms. The van der Waals surface area contributed by atoms with Gasteiger partial charge in [0.1, 0.15) is 17.3 Å². The number of methoxy groups -OCH3 is 2. The van der Waals surface area contributed by atoms with Crippen molar-refractivity contribution < 1.29 is 13.9 Å². The lowest BCUT2D eigenvalue weighted by Gasteiger charge is -2.19. The Morgan fingerprint density at radius 2 is 1.70 bits per heavy atom. The first-order chi connectivity index (χ1) is 9.58. The predicted molar refractivity (Wildman–Crippen MR) is 79.7 cm³/mol. The van der Waals surface area contributed by atoms with Crippen LogP contribution in [0.25, 0.3) is 0 Å². The molecule has 1 unspecified atom stereocenters. The van der Waals surface area contributed by atoms with Crippen LogP contribution in [0.3, 0.4) is 0 Å². The van der Waals surface area contributed by atoms with Crippen molar-refractivity contribution in [1.29, 1.82) is 0 Å². The molecule has 0 heterocycles. The fraction of sp³-hybridized carbons (Fsp3) is 0.200. The van der Waals surface area contributed by atoms with E-state index in [1.54, 1.807) is 38.5 Å². The summed E-state index contributed by atoms with van der Waals surface area (Å²) in [5.41, 5.74) is 7.59. The van der Waals surface area contributed by atoms with E-state index in [2.05, 4.69) is 15.9 Å². The molecule has 0 aliphatic heterocycles. The highest BCUT2D eigenvalue weighted by Crippen LogP contribution is 2.36. The minimum atomic E-state index is -0.538. The molecule has 0 amide bonds. The summed E-state index contributed by atoms with van der Waals surface area (Å²) < 4.78 is 24.7. The molecule has 3 nitrogen and oxygen atoms in total. The van der Waals surface area contributed by atoms with Gasteiger partial charge >= 0.3 is 0 Å². The zero-order chi connectivity index (χ0) is 14.7. The van der Waals surface area contributed by atoms with Crippen LogP contribution in [0.15, 0.2) is 40.9 Å². The monoisotopic (exact) mass is 339 g/mol. The van der Waals surface area contributed by atoms with Crippen LogP contribution in [0.4, 0.5) is 4.39 Å². The van der Waals surface area contributed by atoms with Crippen molar-refractivity contribution in [3.63, 3.8) is 0 Å². The molecule has 5 heteroatoms. The predicted octanol–water partition coefficient (Wildman–Crippen LogP) is 3.65. The lowest BCUT2D eigenvalue weighted by molar-refractivity contribution is 0.382. The number of nitrogens with two attached hydrogens (primary N) is 1. The number of ether oxygens (including phenoxy) is 2. The highest BCUT2D eigenvalue weighted by atomic mass is 79.9. The number of rotatable bonds is 4. The van der Waals surface area contributed by atoms with Gasteiger partial charge in [0.2, 0.25) is 0 Å². The summed E-state index contributed by atoms with van der Waals surface area (Å²) in [6.45, 7) is 0. The van der Waals surface area contributed by atoms with Gasteiger partial charge in [-0.25, -0.2) is 4.39 Å². The Bertz CT molecular complexity index is 597. The van der Waals surface area contributed by atoms with Gasteiger partial charge in [0.05, 0.1) is 30.3 Å². The van der Waals surface area contributed by atoms with Crippen molar-refractivity contribution >= 4 is 15.9 Å². The zero-order valence-corrected chi connectivity index (χ0v) is 12.8. The molecule has 0 saturated heterocycles. The Morgan fingerprint density at radius 3 is 2.20 bits per heavy atom. The molecule has 20 heavy (non-hydrogen) atoms. The molecule has 106 valence electrons. The van der Waals surface area contributed by atoms with Gasteiger partial charge in [0.25, 0.3) is 0 Å². The summed E-state index contributed by atoms with van der Waals surface area (Å²) >= 11 is 3.13. The first kappa shape index (κ1) is 14.8. The topological polar surface area (TPSA) is 44.5 Å². The summed E-state index contributed by atoms with van der Waals surface area (Å²) in [5.74, 6) is 0.868. The van der Waals surface area contributed by atoms with Crippen LogP contribution < -0.4 is 15.2 Å². The Kier molecular flexibility index (Phi) is 4.62. The van der Waals surface area contributed by atoms with Gasteiger partial charge in [0, 0.05) is 0 Å². The van der Waals surface area contributed by atoms with Gasteiger partial charge < -0.3 is 15.2 Å². The summed E-state index contributed by atoms with van der Waals surface area (Å²) in [6.07, 6.45) is 0. The van der Waals surface area contributed by atoms with Gasteiger partial charge in [-0.3, -0.25) is 0 Å². The maximum atomic E-state index is 13.7. The second-order valence-electron chi connectivity index (χ2n) is 4.23. The second-order valence-corrected chi connectivity index (χ2v) is 5.08. The summed E-state index contributed by atoms with van der Waals surface area (Å²) in [6, 6.07) is 9.68. The van der Waals surface area contributed by atoms with E-state index in [9.17, 15) is 4.39 Å². The fourth-order valence-corrected chi connectivity index (χ4v) is 2.31. The van der Waals surface area contributed by atoms with Crippen LogP contribution in [-0.4, -0.2) is 14.2 Å². The van der Waals surface area contributed by atoms with Crippen molar-refractivity contribution in [3.8, 4) is 11.5 Å². The molecule has 0 aliphatic carbocycles. The van der Waals surface area contributed by atoms with E-state index in [1.807, 2.05) is 6.07 Å². The van der Waals surface area contributed by atoms with E-state index in [4.69, 9.17) is 15.2 Å². The van der Waals surface area contributed by atoms with Gasteiger partial charge in [-0.1, -0.05) is 12.1 Å². The molecule has 0 aliphatic rings. The molecular weight excluding hydrogens is 325 g/mol. The first-order valence-electron chi connectivity index (χ1n) is 6.00. The summed E-state index contributed by atoms with van der Waals surface area (Å²) in [5, 5.41) is 0. The van der Waals surface area contributed by atoms with E-state index in [-0.39, 0.29) is 5.82 Å². The fourth-order valence-electron chi connectivity index (χ4n) is 2.06. The largest absolute Gasteiger partial charge is 0.496 e. The maximum absolute atomic E-state index is 13.7. The van der Waals surface area contributed by atoms with E-state index in [1.165, 1.54) is 6.07 Å². The average Bonchev–Trinajstić information content (AvgIpc) is 2.48. The highest BCUT2D eigenvalue weighted by molar-refractivity contribution is 9.10. The molecular formula is C15H15BrFNO2. The van der Waals surface area contributed by atoms with Crippen molar-refractivity contribution in [2.75, 3.05) is 14.2 Å². The van der Waals surface area contributed by atoms with Crippen molar-refractivity contribution in [2.45, 2.75) is 6.04 Å². The SMILES string of the molecule is COc1cccc(OC)c1C(N)c1ccc(Br)c(F)c1. The molecule has 2 aromatic carbocycles. The summed E-state index contributed by atoms with van der Waals surface area (Å²) in [4.78, 5) is 0. The third-order valence-corrected chi connectivity index (χ3v) is 3.72. The normalized spacial score (nSPS) is 12.1. The smallest absolute Gasteiger partial charge is 0.137 e. The van der Waals surface area contributed by atoms with Gasteiger partial charge in [0.15, 0.2) is 0 Å². The third kappa shape index (κ3) is 2.78. The summed E-state index contributed by atoms with van der Waals surface area (Å²) in [7, 11) is 3.13. The zero-order valence-electron chi connectivity index (χ0n) is 11.2. The number of halogens is 2. The molecule has 0 radical (unpaired) electrons. The van der Waals surface area contributed by atoms with Crippen LogP contribution in [0.1, 0.15) is 17.2 Å². The van der Waals surface area contributed by atoms with E-state index in [0.717, 1.165) is 0 Å². The Hall–Kier alpha value is -1.59. The lowest BCUT2D eigenvalue weighted by atomic mass is 9.97. The van der Waals surface area contributed by atoms with E-state index in [0.29, 0.717) is 27.1 Å². The Morgan fingerprint density at radius 1 is 1.10 bits per heavy atom. The van der Waals surface area contributed by atoms with Crippen LogP contribution in [0, 0.1) is 5.82 Å². The number of hydrogen-bond acceptors (Lipinski definition) is 3.